The van der Waals surface area contributed by atoms with Gasteiger partial charge in [-0.1, -0.05) is 12.1 Å². The fourth-order valence-corrected chi connectivity index (χ4v) is 2.92. The summed E-state index contributed by atoms with van der Waals surface area (Å²) in [6.07, 6.45) is 3.01. The van der Waals surface area contributed by atoms with Gasteiger partial charge in [-0.25, -0.2) is 0 Å². The maximum Gasteiger partial charge on any atom is 0.211 e. The van der Waals surface area contributed by atoms with Gasteiger partial charge in [0.1, 0.15) is 11.3 Å². The van der Waals surface area contributed by atoms with Gasteiger partial charge in [-0.2, -0.15) is 0 Å². The van der Waals surface area contributed by atoms with Crippen LogP contribution in [0.4, 0.5) is 5.69 Å². The van der Waals surface area contributed by atoms with E-state index in [-0.39, 0.29) is 40.1 Å². The van der Waals surface area contributed by atoms with E-state index in [1.54, 1.807) is 24.3 Å². The third kappa shape index (κ3) is 4.16. The summed E-state index contributed by atoms with van der Waals surface area (Å²) in [7, 11) is 8.72. The van der Waals surface area contributed by atoms with Gasteiger partial charge in [0.2, 0.25) is 17.2 Å². The van der Waals surface area contributed by atoms with Gasteiger partial charge >= 0.3 is 0 Å². The Labute approximate surface area is 169 Å². The molecule has 0 aliphatic carbocycles. The molecule has 2 aromatic carbocycles. The molecule has 0 heterocycles. The fraction of sp³-hybridized carbons (Fsp3) is 0.286. The van der Waals surface area contributed by atoms with Gasteiger partial charge < -0.3 is 34.2 Å². The van der Waals surface area contributed by atoms with Crippen LogP contribution in [-0.4, -0.2) is 48.4 Å². The first-order valence-electron chi connectivity index (χ1n) is 8.57. The molecule has 0 saturated carbocycles. The number of carbonyl (C=O) groups is 1. The van der Waals surface area contributed by atoms with E-state index in [2.05, 4.69) is 0 Å². The Balaban J connectivity index is 2.59. The van der Waals surface area contributed by atoms with Crippen molar-refractivity contribution < 1.29 is 33.2 Å². The second-order valence-corrected chi connectivity index (χ2v) is 5.74. The normalized spacial score (nSPS) is 10.6. The van der Waals surface area contributed by atoms with Gasteiger partial charge in [-0.15, -0.1) is 0 Å². The van der Waals surface area contributed by atoms with E-state index in [1.165, 1.54) is 48.7 Å². The summed E-state index contributed by atoms with van der Waals surface area (Å²) in [6, 6.07) is 5.20. The van der Waals surface area contributed by atoms with Crippen molar-refractivity contribution in [2.24, 2.45) is 0 Å². The van der Waals surface area contributed by atoms with E-state index in [0.717, 1.165) is 5.56 Å². The Bertz CT molecular complexity index is 889. The molecular weight excluding hydrogens is 378 g/mol. The van der Waals surface area contributed by atoms with Crippen LogP contribution in [0.5, 0.6) is 34.5 Å². The number of ether oxygens (including phenoxy) is 6. The second kappa shape index (κ2) is 9.59. The number of hydrogen-bond donors (Lipinski definition) is 1. The first-order valence-corrected chi connectivity index (χ1v) is 8.57. The minimum atomic E-state index is -0.382. The van der Waals surface area contributed by atoms with Gasteiger partial charge in [0, 0.05) is 0 Å². The van der Waals surface area contributed by atoms with E-state index >= 15 is 0 Å². The van der Waals surface area contributed by atoms with Gasteiger partial charge in [0.25, 0.3) is 0 Å². The Morgan fingerprint density at radius 1 is 0.759 bits per heavy atom. The smallest absolute Gasteiger partial charge is 0.211 e. The predicted octanol–water partition coefficient (Wildman–Crippen LogP) is 3.22. The molecule has 0 atom stereocenters. The molecule has 0 bridgehead atoms. The lowest BCUT2D eigenvalue weighted by Crippen LogP contribution is -2.08. The standard InChI is InChI=1S/C21H25NO7/c1-24-15-10-8-12(11-13(15)22)7-9-14(23)16-17(25-2)19(27-4)21(29-6)20(28-5)18(16)26-3/h7-11H,22H2,1-6H3/b9-7+. The van der Waals surface area contributed by atoms with Crippen LogP contribution in [0.3, 0.4) is 0 Å². The summed E-state index contributed by atoms with van der Waals surface area (Å²) >= 11 is 0. The zero-order chi connectivity index (χ0) is 21.6. The van der Waals surface area contributed by atoms with Crippen LogP contribution in [0.15, 0.2) is 24.3 Å². The molecule has 8 nitrogen and oxygen atoms in total. The predicted molar refractivity (Wildman–Crippen MR) is 110 cm³/mol. The average molecular weight is 403 g/mol. The molecule has 0 aromatic heterocycles. The van der Waals surface area contributed by atoms with Crippen molar-refractivity contribution in [2.75, 3.05) is 48.4 Å². The van der Waals surface area contributed by atoms with Gasteiger partial charge in [0.05, 0.1) is 48.3 Å². The van der Waals surface area contributed by atoms with Crippen LogP contribution in [0.2, 0.25) is 0 Å². The quantitative estimate of drug-likeness (QED) is 0.387. The average Bonchev–Trinajstić information content (AvgIpc) is 2.74. The number of rotatable bonds is 9. The van der Waals surface area contributed by atoms with Gasteiger partial charge in [0.15, 0.2) is 17.3 Å². The maximum atomic E-state index is 13.1. The first-order chi connectivity index (χ1) is 14.0. The molecule has 0 aliphatic rings. The van der Waals surface area contributed by atoms with Gasteiger partial charge in [-0.05, 0) is 23.8 Å². The largest absolute Gasteiger partial charge is 0.495 e. The zero-order valence-electron chi connectivity index (χ0n) is 17.3. The van der Waals surface area contributed by atoms with E-state index in [0.29, 0.717) is 11.4 Å². The highest BCUT2D eigenvalue weighted by molar-refractivity contribution is 6.12. The van der Waals surface area contributed by atoms with Crippen LogP contribution in [-0.2, 0) is 0 Å². The van der Waals surface area contributed by atoms with Crippen molar-refractivity contribution in [1.82, 2.24) is 0 Å². The Morgan fingerprint density at radius 3 is 1.66 bits per heavy atom. The molecule has 29 heavy (non-hydrogen) atoms. The molecule has 156 valence electrons. The molecule has 0 unspecified atom stereocenters. The molecule has 0 fully saturated rings. The summed E-state index contributed by atoms with van der Waals surface area (Å²) in [6.45, 7) is 0. The number of benzene rings is 2. The number of nitrogen functional groups attached to an aromatic ring is 1. The third-order valence-corrected chi connectivity index (χ3v) is 4.23. The van der Waals surface area contributed by atoms with E-state index < -0.39 is 0 Å². The molecule has 0 spiro atoms. The lowest BCUT2D eigenvalue weighted by atomic mass is 10.0. The molecule has 2 rings (SSSR count). The number of hydrogen-bond acceptors (Lipinski definition) is 8. The van der Waals surface area contributed by atoms with Crippen LogP contribution in [0.25, 0.3) is 6.08 Å². The summed E-state index contributed by atoms with van der Waals surface area (Å²) in [5.74, 6) is 1.22. The Hall–Kier alpha value is -3.55. The molecular formula is C21H25NO7. The first kappa shape index (κ1) is 21.7. The molecule has 0 amide bonds. The molecule has 0 saturated heterocycles. The Kier molecular flexibility index (Phi) is 7.19. The number of ketones is 1. The molecule has 8 heteroatoms. The van der Waals surface area contributed by atoms with E-state index in [9.17, 15) is 4.79 Å². The number of nitrogens with two attached hydrogens (primary N) is 1. The van der Waals surface area contributed by atoms with Crippen molar-refractivity contribution in [3.63, 3.8) is 0 Å². The lowest BCUT2D eigenvalue weighted by molar-refractivity contribution is 0.104. The second-order valence-electron chi connectivity index (χ2n) is 5.74. The lowest BCUT2D eigenvalue weighted by Gasteiger charge is -2.21. The molecule has 0 aliphatic heterocycles. The van der Waals surface area contributed by atoms with E-state index in [4.69, 9.17) is 34.2 Å². The van der Waals surface area contributed by atoms with Crippen molar-refractivity contribution in [3.8, 4) is 34.5 Å². The highest BCUT2D eigenvalue weighted by atomic mass is 16.6. The third-order valence-electron chi connectivity index (χ3n) is 4.23. The van der Waals surface area contributed by atoms with Crippen molar-refractivity contribution in [1.29, 1.82) is 0 Å². The molecule has 2 N–H and O–H groups in total. The highest BCUT2D eigenvalue weighted by Gasteiger charge is 2.31. The summed E-state index contributed by atoms with van der Waals surface area (Å²) in [5.41, 5.74) is 7.25. The van der Waals surface area contributed by atoms with Gasteiger partial charge in [-0.3, -0.25) is 4.79 Å². The number of methoxy groups -OCH3 is 6. The molecule has 2 aromatic rings. The number of carbonyl (C=O) groups excluding carboxylic acids is 1. The minimum Gasteiger partial charge on any atom is -0.495 e. The monoisotopic (exact) mass is 403 g/mol. The summed E-state index contributed by atoms with van der Waals surface area (Å²) in [4.78, 5) is 13.1. The number of allylic oxidation sites excluding steroid dienone is 1. The van der Waals surface area contributed by atoms with Crippen molar-refractivity contribution in [3.05, 3.63) is 35.4 Å². The van der Waals surface area contributed by atoms with E-state index in [1.807, 2.05) is 0 Å². The summed E-state index contributed by atoms with van der Waals surface area (Å²) < 4.78 is 32.2. The summed E-state index contributed by atoms with van der Waals surface area (Å²) in [5, 5.41) is 0. The van der Waals surface area contributed by atoms with Crippen LogP contribution >= 0.6 is 0 Å². The highest BCUT2D eigenvalue weighted by Crippen LogP contribution is 2.53. The topological polar surface area (TPSA) is 98.5 Å². The van der Waals surface area contributed by atoms with Crippen molar-refractivity contribution in [2.45, 2.75) is 0 Å². The fourth-order valence-electron chi connectivity index (χ4n) is 2.92. The van der Waals surface area contributed by atoms with Crippen LogP contribution in [0, 0.1) is 0 Å². The maximum absolute atomic E-state index is 13.1. The van der Waals surface area contributed by atoms with Crippen LogP contribution < -0.4 is 34.2 Å². The van der Waals surface area contributed by atoms with Crippen LogP contribution in [0.1, 0.15) is 15.9 Å². The minimum absolute atomic E-state index is 0.141. The molecule has 0 radical (unpaired) electrons. The number of anilines is 1. The Morgan fingerprint density at radius 2 is 1.24 bits per heavy atom. The van der Waals surface area contributed by atoms with Crippen molar-refractivity contribution >= 4 is 17.5 Å². The zero-order valence-corrected chi connectivity index (χ0v) is 17.3. The SMILES string of the molecule is COc1ccc(/C=C/C(=O)c2c(OC)c(OC)c(OC)c(OC)c2OC)cc1N.